The number of nitrogens with two attached hydrogens (primary N) is 2. The molecule has 9 N–H and O–H groups in total. The Labute approximate surface area is 262 Å². The van der Waals surface area contributed by atoms with Gasteiger partial charge in [0.2, 0.25) is 5.78 Å². The molecule has 14 heteroatoms. The minimum atomic E-state index is -2.75. The van der Waals surface area contributed by atoms with Gasteiger partial charge in [0.25, 0.3) is 11.8 Å². The first-order valence-electron chi connectivity index (χ1n) is 14.4. The second kappa shape index (κ2) is 11.7. The van der Waals surface area contributed by atoms with E-state index in [0.29, 0.717) is 16.7 Å². The summed E-state index contributed by atoms with van der Waals surface area (Å²) >= 11 is 0. The van der Waals surface area contributed by atoms with E-state index in [0.717, 1.165) is 0 Å². The number of aromatic hydroxyl groups is 1. The maximum Gasteiger partial charge on any atom is 0.329 e. The van der Waals surface area contributed by atoms with Crippen LogP contribution in [0.25, 0.3) is 16.9 Å². The zero-order chi connectivity index (χ0) is 33.8. The van der Waals surface area contributed by atoms with Crippen LogP contribution in [0.4, 0.5) is 0 Å². The van der Waals surface area contributed by atoms with Gasteiger partial charge < -0.3 is 41.9 Å². The molecule has 0 aliphatic heterocycles. The Hall–Kier alpha value is -5.05. The van der Waals surface area contributed by atoms with Gasteiger partial charge in [-0.2, -0.15) is 0 Å². The van der Waals surface area contributed by atoms with E-state index in [1.54, 1.807) is 24.3 Å². The average Bonchev–Trinajstić information content (AvgIpc) is 3.01. The van der Waals surface area contributed by atoms with Gasteiger partial charge in [-0.05, 0) is 67.7 Å². The van der Waals surface area contributed by atoms with E-state index in [-0.39, 0.29) is 41.8 Å². The van der Waals surface area contributed by atoms with Crippen LogP contribution in [0.2, 0.25) is 0 Å². The summed E-state index contributed by atoms with van der Waals surface area (Å²) in [4.78, 5) is 65.9. The number of carbonyl (C=O) groups is 5. The molecule has 14 nitrogen and oxygen atoms in total. The lowest BCUT2D eigenvalue weighted by Gasteiger charge is -2.50. The van der Waals surface area contributed by atoms with E-state index in [9.17, 15) is 44.4 Å². The van der Waals surface area contributed by atoms with Crippen molar-refractivity contribution < 1.29 is 49.1 Å². The molecule has 0 radical (unpaired) electrons. The lowest BCUT2D eigenvalue weighted by molar-refractivity contribution is -0.153. The maximum absolute atomic E-state index is 14.0. The summed E-state index contributed by atoms with van der Waals surface area (Å²) in [6, 6.07) is 6.97. The Bertz CT molecular complexity index is 1760. The maximum atomic E-state index is 14.0. The zero-order valence-corrected chi connectivity index (χ0v) is 25.2. The van der Waals surface area contributed by atoms with Gasteiger partial charge in [0.15, 0.2) is 11.4 Å². The Morgan fingerprint density at radius 3 is 2.43 bits per heavy atom. The van der Waals surface area contributed by atoms with Crippen molar-refractivity contribution in [2.75, 3.05) is 27.7 Å². The molecule has 3 aliphatic rings. The molecule has 0 aromatic heterocycles. The molecular formula is C32H34N4O10. The van der Waals surface area contributed by atoms with Gasteiger partial charge in [-0.1, -0.05) is 18.2 Å². The minimum Gasteiger partial charge on any atom is -0.508 e. The summed E-state index contributed by atoms with van der Waals surface area (Å²) < 4.78 is 4.67. The molecule has 0 bridgehead atoms. The summed E-state index contributed by atoms with van der Waals surface area (Å²) in [6.45, 7) is -0.189. The van der Waals surface area contributed by atoms with Crippen LogP contribution in [0.5, 0.6) is 5.75 Å². The number of aliphatic hydroxyl groups is 3. The summed E-state index contributed by atoms with van der Waals surface area (Å²) in [7, 11) is 4.22. The normalized spacial score (nSPS) is 24.6. The van der Waals surface area contributed by atoms with Crippen LogP contribution in [0.3, 0.4) is 0 Å². The van der Waals surface area contributed by atoms with E-state index in [1.165, 1.54) is 38.2 Å². The van der Waals surface area contributed by atoms with Crippen molar-refractivity contribution in [3.05, 3.63) is 70.0 Å². The first-order chi connectivity index (χ1) is 21.7. The first kappa shape index (κ1) is 32.3. The number of rotatable bonds is 7. The summed E-state index contributed by atoms with van der Waals surface area (Å²) in [5, 5.41) is 47.7. The number of carbonyl (C=O) groups excluding carboxylic acids is 5. The van der Waals surface area contributed by atoms with Crippen LogP contribution >= 0.6 is 0 Å². The van der Waals surface area contributed by atoms with E-state index >= 15 is 0 Å². The largest absolute Gasteiger partial charge is 0.508 e. The van der Waals surface area contributed by atoms with Crippen molar-refractivity contribution in [1.82, 2.24) is 10.2 Å². The Morgan fingerprint density at radius 2 is 1.83 bits per heavy atom. The van der Waals surface area contributed by atoms with Crippen LogP contribution in [-0.2, 0) is 30.3 Å². The molecule has 0 heterocycles. The number of benzene rings is 2. The van der Waals surface area contributed by atoms with Crippen LogP contribution in [0, 0.1) is 11.8 Å². The number of methoxy groups -OCH3 is 1. The number of hydrogen-bond acceptors (Lipinski definition) is 12. The number of phenols is 1. The van der Waals surface area contributed by atoms with Gasteiger partial charge in [-0.3, -0.25) is 24.1 Å². The molecule has 2 aromatic carbocycles. The number of esters is 1. The monoisotopic (exact) mass is 634 g/mol. The molecule has 0 spiro atoms. The molecule has 0 saturated heterocycles. The predicted molar refractivity (Wildman–Crippen MR) is 162 cm³/mol. The first-order valence-corrected chi connectivity index (χ1v) is 14.4. The highest BCUT2D eigenvalue weighted by atomic mass is 16.5. The lowest BCUT2D eigenvalue weighted by atomic mass is 9.57. The summed E-state index contributed by atoms with van der Waals surface area (Å²) in [5.74, 6) is -8.75. The molecule has 1 saturated carbocycles. The van der Waals surface area contributed by atoms with Crippen molar-refractivity contribution in [3.8, 4) is 16.9 Å². The van der Waals surface area contributed by atoms with Gasteiger partial charge in [-0.15, -0.1) is 0 Å². The molecule has 2 amide bonds. The highest BCUT2D eigenvalue weighted by Crippen LogP contribution is 2.53. The van der Waals surface area contributed by atoms with E-state index in [4.69, 9.17) is 11.5 Å². The number of amides is 2. The van der Waals surface area contributed by atoms with Crippen molar-refractivity contribution in [2.45, 2.75) is 30.5 Å². The molecule has 5 atom stereocenters. The van der Waals surface area contributed by atoms with Crippen LogP contribution in [0.1, 0.15) is 27.9 Å². The molecule has 1 fully saturated rings. The van der Waals surface area contributed by atoms with Crippen LogP contribution < -0.4 is 16.8 Å². The van der Waals surface area contributed by atoms with Gasteiger partial charge in [0, 0.05) is 23.6 Å². The SMILES string of the molecule is COC(=O)C(CN)NC(=O)c1cccc(-c2ccc(O)c3c2CC2CC4C(N(C)C)C(=O)C(C(N)=O)=C(O)C4(O)C(=O)C2=C3O)c1. The van der Waals surface area contributed by atoms with Crippen molar-refractivity contribution in [2.24, 2.45) is 23.3 Å². The fourth-order valence-electron chi connectivity index (χ4n) is 6.94. The molecule has 2 aromatic rings. The average molecular weight is 635 g/mol. The number of fused-ring (bicyclic) bond motifs is 3. The predicted octanol–water partition coefficient (Wildman–Crippen LogP) is -0.139. The topological polar surface area (TPSA) is 243 Å². The second-order valence-electron chi connectivity index (χ2n) is 11.8. The number of nitrogens with zero attached hydrogens (tertiary/aromatic N) is 1. The number of aliphatic hydroxyl groups excluding tert-OH is 2. The highest BCUT2D eigenvalue weighted by molar-refractivity contribution is 6.24. The zero-order valence-electron chi connectivity index (χ0n) is 25.2. The second-order valence-corrected chi connectivity index (χ2v) is 11.8. The molecule has 46 heavy (non-hydrogen) atoms. The highest BCUT2D eigenvalue weighted by Gasteiger charge is 2.64. The molecule has 5 unspecified atom stereocenters. The number of Topliss-reactive ketones (excluding diaryl/α,β-unsaturated/α-hetero) is 2. The number of primary amides is 1. The molecular weight excluding hydrogens is 600 g/mol. The van der Waals surface area contributed by atoms with E-state index in [2.05, 4.69) is 10.1 Å². The molecule has 242 valence electrons. The van der Waals surface area contributed by atoms with Crippen LogP contribution in [-0.4, -0.2) is 100 Å². The van der Waals surface area contributed by atoms with Gasteiger partial charge in [0.05, 0.1) is 18.7 Å². The van der Waals surface area contributed by atoms with Gasteiger partial charge in [0.1, 0.15) is 28.9 Å². The van der Waals surface area contributed by atoms with E-state index in [1.807, 2.05) is 0 Å². The third-order valence-electron chi connectivity index (χ3n) is 9.07. The fraction of sp³-hybridized carbons (Fsp3) is 0.344. The Kier molecular flexibility index (Phi) is 8.23. The standard InChI is InChI=1S/C32H34N4O10/c1-36(2)24-18-11-15-10-17-16(13-5-4-6-14(9-13)30(43)35-19(12-33)31(44)46-3)7-8-20(37)22(17)25(38)21(15)27(40)32(18,45)28(41)23(26(24)39)29(34)42/h4-9,15,18-19,24,37-38,41,45H,10-12,33H2,1-3H3,(H2,34,42)(H,35,43). The third-order valence-corrected chi connectivity index (χ3v) is 9.07. The summed E-state index contributed by atoms with van der Waals surface area (Å²) in [6.07, 6.45) is -0.0103. The smallest absolute Gasteiger partial charge is 0.329 e. The number of ether oxygens (including phenoxy) is 1. The number of hydrogen-bond donors (Lipinski definition) is 7. The minimum absolute atomic E-state index is 0.0618. The van der Waals surface area contributed by atoms with Crippen LogP contribution in [0.15, 0.2) is 53.3 Å². The molecule has 5 rings (SSSR count). The number of phenolic OH excluding ortho intramolecular Hbond substituents is 1. The molecule has 3 aliphatic carbocycles. The van der Waals surface area contributed by atoms with Crippen molar-refractivity contribution in [3.63, 3.8) is 0 Å². The van der Waals surface area contributed by atoms with Crippen molar-refractivity contribution >= 4 is 35.1 Å². The third kappa shape index (κ3) is 4.81. The summed E-state index contributed by atoms with van der Waals surface area (Å²) in [5.41, 5.74) is 8.60. The Morgan fingerprint density at radius 1 is 1.13 bits per heavy atom. The van der Waals surface area contributed by atoms with Crippen molar-refractivity contribution in [1.29, 1.82) is 0 Å². The Balaban J connectivity index is 1.62. The van der Waals surface area contributed by atoms with Gasteiger partial charge in [-0.25, -0.2) is 4.79 Å². The quantitative estimate of drug-likeness (QED) is 0.155. The number of ketones is 2. The van der Waals surface area contributed by atoms with Gasteiger partial charge >= 0.3 is 5.97 Å². The number of likely N-dealkylation sites (N-methyl/N-ethyl adjacent to an activating group) is 1. The lowest BCUT2D eigenvalue weighted by Crippen LogP contribution is -2.65. The fourth-order valence-corrected chi connectivity index (χ4v) is 6.94. The number of nitrogens with one attached hydrogen (secondary N) is 1. The van der Waals surface area contributed by atoms with E-state index < -0.39 is 76.0 Å².